The summed E-state index contributed by atoms with van der Waals surface area (Å²) in [7, 11) is 0. The van der Waals surface area contributed by atoms with Crippen molar-refractivity contribution in [2.75, 3.05) is 19.6 Å². The lowest BCUT2D eigenvalue weighted by Gasteiger charge is -2.49. The lowest BCUT2D eigenvalue weighted by atomic mass is 9.76. The summed E-state index contributed by atoms with van der Waals surface area (Å²) in [5.41, 5.74) is 0.415. The molecule has 3 aliphatic rings. The molecule has 0 aromatic rings. The fraction of sp³-hybridized carbons (Fsp3) is 1.00. The van der Waals surface area contributed by atoms with Crippen molar-refractivity contribution >= 4 is 0 Å². The van der Waals surface area contributed by atoms with E-state index in [1.54, 1.807) is 0 Å². The molecule has 4 atom stereocenters. The van der Waals surface area contributed by atoms with E-state index in [9.17, 15) is 0 Å². The number of nitrogens with zero attached hydrogens (tertiary/aromatic N) is 1. The Labute approximate surface area is 113 Å². The molecule has 1 saturated heterocycles. The predicted octanol–water partition coefficient (Wildman–Crippen LogP) is 2.89. The molecular formula is C16H30N2. The van der Waals surface area contributed by atoms with Crippen molar-refractivity contribution in [1.82, 2.24) is 10.2 Å². The largest absolute Gasteiger partial charge is 0.309 e. The van der Waals surface area contributed by atoms with E-state index in [0.29, 0.717) is 5.54 Å². The molecule has 18 heavy (non-hydrogen) atoms. The minimum Gasteiger partial charge on any atom is -0.309 e. The highest BCUT2D eigenvalue weighted by Crippen LogP contribution is 2.42. The molecular weight excluding hydrogens is 220 g/mol. The van der Waals surface area contributed by atoms with Crippen LogP contribution in [0.1, 0.15) is 52.9 Å². The van der Waals surface area contributed by atoms with Gasteiger partial charge >= 0.3 is 0 Å². The van der Waals surface area contributed by atoms with Crippen LogP contribution < -0.4 is 5.32 Å². The van der Waals surface area contributed by atoms with Crippen LogP contribution in [-0.4, -0.2) is 36.1 Å². The van der Waals surface area contributed by atoms with Crippen LogP contribution in [-0.2, 0) is 0 Å². The van der Waals surface area contributed by atoms with Gasteiger partial charge in [0.05, 0.1) is 0 Å². The standard InChI is InChI=1S/C16H30N2/c1-12-5-4-6-15(13(12)2)18-10-9-17-16(3,11-18)14-7-8-14/h12-15,17H,4-11H2,1-3H3. The molecule has 0 amide bonds. The van der Waals surface area contributed by atoms with Gasteiger partial charge in [0.15, 0.2) is 0 Å². The SMILES string of the molecule is CC1CCCC(N2CCNC(C)(C3CC3)C2)C1C. The van der Waals surface area contributed by atoms with E-state index >= 15 is 0 Å². The molecule has 4 unspecified atom stereocenters. The van der Waals surface area contributed by atoms with Gasteiger partial charge in [0, 0.05) is 31.2 Å². The molecule has 1 heterocycles. The number of hydrogen-bond acceptors (Lipinski definition) is 2. The van der Waals surface area contributed by atoms with Crippen LogP contribution >= 0.6 is 0 Å². The Morgan fingerprint density at radius 2 is 1.89 bits per heavy atom. The minimum atomic E-state index is 0.415. The average Bonchev–Trinajstić information content (AvgIpc) is 3.17. The Morgan fingerprint density at radius 3 is 2.61 bits per heavy atom. The van der Waals surface area contributed by atoms with Crippen LogP contribution in [0.2, 0.25) is 0 Å². The lowest BCUT2D eigenvalue weighted by molar-refractivity contribution is 0.0298. The highest BCUT2D eigenvalue weighted by molar-refractivity contribution is 5.03. The van der Waals surface area contributed by atoms with Gasteiger partial charge in [-0.3, -0.25) is 4.90 Å². The van der Waals surface area contributed by atoms with E-state index < -0.39 is 0 Å². The number of nitrogens with one attached hydrogen (secondary N) is 1. The Balaban J connectivity index is 1.67. The smallest absolute Gasteiger partial charge is 0.0309 e. The minimum absolute atomic E-state index is 0.415. The third-order valence-electron chi connectivity index (χ3n) is 6.07. The normalized spacial score (nSPS) is 47.2. The summed E-state index contributed by atoms with van der Waals surface area (Å²) < 4.78 is 0. The van der Waals surface area contributed by atoms with Gasteiger partial charge in [-0.2, -0.15) is 0 Å². The van der Waals surface area contributed by atoms with Crippen LogP contribution in [0, 0.1) is 17.8 Å². The maximum absolute atomic E-state index is 3.81. The number of rotatable bonds is 2. The van der Waals surface area contributed by atoms with Crippen molar-refractivity contribution in [2.24, 2.45) is 17.8 Å². The van der Waals surface area contributed by atoms with Gasteiger partial charge in [0.25, 0.3) is 0 Å². The van der Waals surface area contributed by atoms with Crippen molar-refractivity contribution in [3.8, 4) is 0 Å². The van der Waals surface area contributed by atoms with Gasteiger partial charge in [-0.15, -0.1) is 0 Å². The van der Waals surface area contributed by atoms with Gasteiger partial charge < -0.3 is 5.32 Å². The molecule has 1 N–H and O–H groups in total. The van der Waals surface area contributed by atoms with E-state index in [4.69, 9.17) is 0 Å². The summed E-state index contributed by atoms with van der Waals surface area (Å²) in [6.07, 6.45) is 7.23. The van der Waals surface area contributed by atoms with E-state index in [1.165, 1.54) is 51.7 Å². The first kappa shape index (κ1) is 12.9. The second-order valence-corrected chi connectivity index (χ2v) is 7.42. The van der Waals surface area contributed by atoms with Gasteiger partial charge in [-0.05, 0) is 43.9 Å². The molecule has 3 rings (SSSR count). The summed E-state index contributed by atoms with van der Waals surface area (Å²) in [4.78, 5) is 2.83. The molecule has 2 heteroatoms. The number of hydrogen-bond donors (Lipinski definition) is 1. The Bertz CT molecular complexity index is 299. The average molecular weight is 250 g/mol. The monoisotopic (exact) mass is 250 g/mol. The molecule has 2 saturated carbocycles. The highest BCUT2D eigenvalue weighted by Gasteiger charge is 2.45. The second kappa shape index (κ2) is 4.79. The summed E-state index contributed by atoms with van der Waals surface area (Å²) in [5, 5.41) is 3.81. The van der Waals surface area contributed by atoms with Crippen molar-refractivity contribution in [3.05, 3.63) is 0 Å². The summed E-state index contributed by atoms with van der Waals surface area (Å²) in [5.74, 6) is 2.77. The molecule has 104 valence electrons. The summed E-state index contributed by atoms with van der Waals surface area (Å²) in [6.45, 7) is 11.2. The van der Waals surface area contributed by atoms with Crippen LogP contribution in [0.25, 0.3) is 0 Å². The fourth-order valence-electron chi connectivity index (χ4n) is 4.39. The van der Waals surface area contributed by atoms with E-state index in [-0.39, 0.29) is 0 Å². The molecule has 0 aromatic carbocycles. The maximum Gasteiger partial charge on any atom is 0.0309 e. The zero-order valence-corrected chi connectivity index (χ0v) is 12.4. The fourth-order valence-corrected chi connectivity index (χ4v) is 4.39. The topological polar surface area (TPSA) is 15.3 Å². The summed E-state index contributed by atoms with van der Waals surface area (Å²) in [6, 6.07) is 0.855. The first-order valence-corrected chi connectivity index (χ1v) is 8.09. The Hall–Kier alpha value is -0.0800. The Morgan fingerprint density at radius 1 is 1.11 bits per heavy atom. The van der Waals surface area contributed by atoms with Crippen molar-refractivity contribution in [1.29, 1.82) is 0 Å². The van der Waals surface area contributed by atoms with Crippen LogP contribution in [0.4, 0.5) is 0 Å². The van der Waals surface area contributed by atoms with Crippen LogP contribution in [0.3, 0.4) is 0 Å². The predicted molar refractivity (Wildman–Crippen MR) is 76.7 cm³/mol. The van der Waals surface area contributed by atoms with Crippen molar-refractivity contribution < 1.29 is 0 Å². The first-order chi connectivity index (χ1) is 8.60. The molecule has 2 nitrogen and oxygen atoms in total. The van der Waals surface area contributed by atoms with E-state index in [2.05, 4.69) is 31.0 Å². The number of piperazine rings is 1. The third-order valence-corrected chi connectivity index (χ3v) is 6.07. The van der Waals surface area contributed by atoms with E-state index in [0.717, 1.165) is 23.8 Å². The molecule has 0 bridgehead atoms. The van der Waals surface area contributed by atoms with Crippen LogP contribution in [0.5, 0.6) is 0 Å². The van der Waals surface area contributed by atoms with Gasteiger partial charge in [-0.25, -0.2) is 0 Å². The molecule has 0 spiro atoms. The quantitative estimate of drug-likeness (QED) is 0.811. The molecule has 2 aliphatic carbocycles. The maximum atomic E-state index is 3.81. The Kier molecular flexibility index (Phi) is 3.44. The van der Waals surface area contributed by atoms with Gasteiger partial charge in [0.2, 0.25) is 0 Å². The zero-order valence-electron chi connectivity index (χ0n) is 12.4. The summed E-state index contributed by atoms with van der Waals surface area (Å²) >= 11 is 0. The molecule has 0 radical (unpaired) electrons. The molecule has 3 fully saturated rings. The van der Waals surface area contributed by atoms with Crippen molar-refractivity contribution in [3.63, 3.8) is 0 Å². The van der Waals surface area contributed by atoms with Gasteiger partial charge in [-0.1, -0.05) is 26.7 Å². The van der Waals surface area contributed by atoms with E-state index in [1.807, 2.05) is 0 Å². The highest BCUT2D eigenvalue weighted by atomic mass is 15.3. The molecule has 0 aromatic heterocycles. The van der Waals surface area contributed by atoms with Crippen LogP contribution in [0.15, 0.2) is 0 Å². The third kappa shape index (κ3) is 2.34. The zero-order chi connectivity index (χ0) is 12.8. The molecule has 1 aliphatic heterocycles. The lowest BCUT2D eigenvalue weighted by Crippen LogP contribution is -2.63. The second-order valence-electron chi connectivity index (χ2n) is 7.42. The first-order valence-electron chi connectivity index (χ1n) is 8.09. The van der Waals surface area contributed by atoms with Gasteiger partial charge in [0.1, 0.15) is 0 Å². The van der Waals surface area contributed by atoms with Crippen molar-refractivity contribution in [2.45, 2.75) is 64.5 Å².